The van der Waals surface area contributed by atoms with Crippen molar-refractivity contribution in [2.24, 2.45) is 5.10 Å². The first-order valence-corrected chi connectivity index (χ1v) is 8.22. The summed E-state index contributed by atoms with van der Waals surface area (Å²) in [5.41, 5.74) is 5.81. The fourth-order valence-corrected chi connectivity index (χ4v) is 2.28. The third-order valence-electron chi connectivity index (χ3n) is 3.28. The molecular formula is C18H16BrN3O4. The normalized spacial score (nSPS) is 10.9. The van der Waals surface area contributed by atoms with Gasteiger partial charge in [-0.1, -0.05) is 28.1 Å². The lowest BCUT2D eigenvalue weighted by Crippen LogP contribution is -2.17. The molecule has 0 unspecified atom stereocenters. The molecule has 0 fully saturated rings. The molecule has 0 saturated heterocycles. The Morgan fingerprint density at radius 2 is 1.92 bits per heavy atom. The minimum Gasteiger partial charge on any atom is -0.497 e. The Labute approximate surface area is 158 Å². The molecule has 3 N–H and O–H groups in total. The SMILES string of the molecule is COc1ccc(Br)c(C=NNC(=O)c2ccc(C=CC(=O)NO)cc2)c1. The molecule has 0 spiro atoms. The molecule has 0 atom stereocenters. The Morgan fingerprint density at radius 3 is 2.58 bits per heavy atom. The molecule has 0 bridgehead atoms. The Kier molecular flexibility index (Phi) is 7.07. The maximum atomic E-state index is 12.1. The predicted molar refractivity (Wildman–Crippen MR) is 101 cm³/mol. The monoisotopic (exact) mass is 417 g/mol. The van der Waals surface area contributed by atoms with Gasteiger partial charge in [0, 0.05) is 21.7 Å². The molecular weight excluding hydrogens is 402 g/mol. The van der Waals surface area contributed by atoms with E-state index in [-0.39, 0.29) is 5.91 Å². The van der Waals surface area contributed by atoms with Crippen LogP contribution in [-0.2, 0) is 4.79 Å². The molecule has 0 heterocycles. The zero-order chi connectivity index (χ0) is 18.9. The van der Waals surface area contributed by atoms with Gasteiger partial charge < -0.3 is 4.74 Å². The second kappa shape index (κ2) is 9.50. The van der Waals surface area contributed by atoms with Crippen molar-refractivity contribution in [2.75, 3.05) is 7.11 Å². The van der Waals surface area contributed by atoms with Crippen LogP contribution in [0.2, 0.25) is 0 Å². The van der Waals surface area contributed by atoms with Crippen molar-refractivity contribution in [2.45, 2.75) is 0 Å². The van der Waals surface area contributed by atoms with Crippen molar-refractivity contribution in [3.05, 3.63) is 69.7 Å². The second-order valence-corrected chi connectivity index (χ2v) is 5.87. The number of hydrogen-bond donors (Lipinski definition) is 3. The summed E-state index contributed by atoms with van der Waals surface area (Å²) in [4.78, 5) is 23.0. The molecule has 0 aliphatic rings. The lowest BCUT2D eigenvalue weighted by atomic mass is 10.1. The average Bonchev–Trinajstić information content (AvgIpc) is 2.67. The van der Waals surface area contributed by atoms with Gasteiger partial charge in [-0.25, -0.2) is 10.9 Å². The maximum Gasteiger partial charge on any atom is 0.271 e. The van der Waals surface area contributed by atoms with E-state index in [0.29, 0.717) is 16.9 Å². The third kappa shape index (κ3) is 5.54. The number of halogens is 1. The molecule has 26 heavy (non-hydrogen) atoms. The summed E-state index contributed by atoms with van der Waals surface area (Å²) in [5, 5.41) is 12.4. The lowest BCUT2D eigenvalue weighted by molar-refractivity contribution is -0.124. The molecule has 0 radical (unpaired) electrons. The van der Waals surface area contributed by atoms with Crippen LogP contribution in [0.3, 0.4) is 0 Å². The molecule has 0 aromatic heterocycles. The van der Waals surface area contributed by atoms with Gasteiger partial charge in [0.05, 0.1) is 13.3 Å². The van der Waals surface area contributed by atoms with E-state index < -0.39 is 5.91 Å². The fraction of sp³-hybridized carbons (Fsp3) is 0.0556. The first-order chi connectivity index (χ1) is 12.5. The van der Waals surface area contributed by atoms with Crippen molar-refractivity contribution < 1.29 is 19.5 Å². The van der Waals surface area contributed by atoms with Crippen LogP contribution in [0.5, 0.6) is 5.75 Å². The lowest BCUT2D eigenvalue weighted by Gasteiger charge is -2.03. The molecule has 0 aliphatic carbocycles. The van der Waals surface area contributed by atoms with Gasteiger partial charge in [0.15, 0.2) is 0 Å². The number of carbonyl (C=O) groups excluding carboxylic acids is 2. The number of carbonyl (C=O) groups is 2. The standard InChI is InChI=1S/C18H16BrN3O4/c1-26-15-7-8-16(19)14(10-15)11-20-21-18(24)13-5-2-12(3-6-13)4-9-17(23)22-25/h2-11,25H,1H3,(H,21,24)(H,22,23). The summed E-state index contributed by atoms with van der Waals surface area (Å²) in [6, 6.07) is 11.9. The minimum atomic E-state index is -0.634. The van der Waals surface area contributed by atoms with E-state index in [2.05, 4.69) is 26.5 Å². The van der Waals surface area contributed by atoms with Crippen LogP contribution < -0.4 is 15.6 Å². The van der Waals surface area contributed by atoms with E-state index in [9.17, 15) is 9.59 Å². The topological polar surface area (TPSA) is 100 Å². The quantitative estimate of drug-likeness (QED) is 0.291. The fourth-order valence-electron chi connectivity index (χ4n) is 1.93. The van der Waals surface area contributed by atoms with Gasteiger partial charge in [0.1, 0.15) is 5.75 Å². The Morgan fingerprint density at radius 1 is 1.19 bits per heavy atom. The number of rotatable bonds is 6. The van der Waals surface area contributed by atoms with E-state index in [1.807, 2.05) is 6.07 Å². The molecule has 8 heteroatoms. The predicted octanol–water partition coefficient (Wildman–Crippen LogP) is 2.74. The van der Waals surface area contributed by atoms with Crippen LogP contribution in [0.4, 0.5) is 0 Å². The number of ether oxygens (including phenoxy) is 1. The number of hydroxylamine groups is 1. The molecule has 7 nitrogen and oxygen atoms in total. The van der Waals surface area contributed by atoms with Gasteiger partial charge in [-0.15, -0.1) is 0 Å². The molecule has 0 aliphatic heterocycles. The van der Waals surface area contributed by atoms with Crippen molar-refractivity contribution in [1.82, 2.24) is 10.9 Å². The van der Waals surface area contributed by atoms with Crippen molar-refractivity contribution >= 4 is 40.0 Å². The van der Waals surface area contributed by atoms with E-state index in [4.69, 9.17) is 9.94 Å². The average molecular weight is 418 g/mol. The molecule has 0 saturated carbocycles. The largest absolute Gasteiger partial charge is 0.497 e. The summed E-state index contributed by atoms with van der Waals surface area (Å²) in [5.74, 6) is -0.326. The summed E-state index contributed by atoms with van der Waals surface area (Å²) >= 11 is 3.40. The molecule has 2 amide bonds. The number of hydrogen-bond acceptors (Lipinski definition) is 5. The van der Waals surface area contributed by atoms with Crippen LogP contribution in [0.25, 0.3) is 6.08 Å². The number of amides is 2. The zero-order valence-electron chi connectivity index (χ0n) is 13.8. The van der Waals surface area contributed by atoms with E-state index in [1.54, 1.807) is 43.5 Å². The summed E-state index contributed by atoms with van der Waals surface area (Å²) in [6.45, 7) is 0. The summed E-state index contributed by atoms with van der Waals surface area (Å²) in [7, 11) is 1.57. The number of methoxy groups -OCH3 is 1. The highest BCUT2D eigenvalue weighted by Gasteiger charge is 2.04. The van der Waals surface area contributed by atoms with Crippen molar-refractivity contribution in [3.8, 4) is 5.75 Å². The Balaban J connectivity index is 1.99. The summed E-state index contributed by atoms with van der Waals surface area (Å²) < 4.78 is 5.96. The van der Waals surface area contributed by atoms with Crippen LogP contribution >= 0.6 is 15.9 Å². The zero-order valence-corrected chi connectivity index (χ0v) is 15.4. The second-order valence-electron chi connectivity index (χ2n) is 5.02. The van der Waals surface area contributed by atoms with E-state index in [0.717, 1.165) is 10.0 Å². The Bertz CT molecular complexity index is 848. The van der Waals surface area contributed by atoms with Gasteiger partial charge in [-0.3, -0.25) is 14.8 Å². The van der Waals surface area contributed by atoms with Crippen molar-refractivity contribution in [3.63, 3.8) is 0 Å². The van der Waals surface area contributed by atoms with Gasteiger partial charge in [-0.2, -0.15) is 5.10 Å². The number of hydrazone groups is 1. The van der Waals surface area contributed by atoms with Crippen LogP contribution in [0.1, 0.15) is 21.5 Å². The molecule has 134 valence electrons. The smallest absolute Gasteiger partial charge is 0.271 e. The van der Waals surface area contributed by atoms with Gasteiger partial charge in [0.2, 0.25) is 0 Å². The number of nitrogens with zero attached hydrogens (tertiary/aromatic N) is 1. The van der Waals surface area contributed by atoms with Gasteiger partial charge in [0.25, 0.3) is 11.8 Å². The first kappa shape index (κ1) is 19.4. The van der Waals surface area contributed by atoms with Gasteiger partial charge >= 0.3 is 0 Å². The highest BCUT2D eigenvalue weighted by molar-refractivity contribution is 9.10. The van der Waals surface area contributed by atoms with Crippen molar-refractivity contribution in [1.29, 1.82) is 0 Å². The Hall–Kier alpha value is -2.97. The van der Waals surface area contributed by atoms with E-state index in [1.165, 1.54) is 23.8 Å². The molecule has 2 aromatic carbocycles. The molecule has 2 rings (SSSR count). The molecule has 2 aromatic rings. The highest BCUT2D eigenvalue weighted by atomic mass is 79.9. The first-order valence-electron chi connectivity index (χ1n) is 7.42. The summed E-state index contributed by atoms with van der Waals surface area (Å²) in [6.07, 6.45) is 4.19. The van der Waals surface area contributed by atoms with Crippen LogP contribution in [0.15, 0.2) is 58.1 Å². The third-order valence-corrected chi connectivity index (χ3v) is 4.01. The van der Waals surface area contributed by atoms with Gasteiger partial charge in [-0.05, 0) is 42.0 Å². The maximum absolute atomic E-state index is 12.1. The minimum absolute atomic E-state index is 0.371. The number of nitrogens with one attached hydrogen (secondary N) is 2. The van der Waals surface area contributed by atoms with E-state index >= 15 is 0 Å². The number of benzene rings is 2. The van der Waals surface area contributed by atoms with Crippen LogP contribution in [-0.4, -0.2) is 30.3 Å². The van der Waals surface area contributed by atoms with Crippen LogP contribution in [0, 0.1) is 0 Å². The highest BCUT2D eigenvalue weighted by Crippen LogP contribution is 2.20.